The Morgan fingerprint density at radius 2 is 1.76 bits per heavy atom. The third kappa shape index (κ3) is 3.91. The number of anilines is 1. The monoisotopic (exact) mass is 388 g/mol. The smallest absolute Gasteiger partial charge is 0.291 e. The van der Waals surface area contributed by atoms with Crippen molar-refractivity contribution >= 4 is 28.5 Å². The van der Waals surface area contributed by atoms with E-state index in [1.54, 1.807) is 24.3 Å². The number of amides is 2. The Morgan fingerprint density at radius 3 is 2.52 bits per heavy atom. The minimum Gasteiger partial charge on any atom is -0.456 e. The van der Waals surface area contributed by atoms with E-state index in [2.05, 4.69) is 5.32 Å². The number of furan rings is 2. The highest BCUT2D eigenvalue weighted by Gasteiger charge is 2.22. The van der Waals surface area contributed by atoms with E-state index in [4.69, 9.17) is 14.6 Å². The molecular formula is C23H20N2O4. The van der Waals surface area contributed by atoms with Crippen molar-refractivity contribution < 1.29 is 18.4 Å². The van der Waals surface area contributed by atoms with Crippen LogP contribution in [-0.2, 0) is 12.8 Å². The standard InChI is InChI=1S/C23H20N2O4/c1-14-7-11-17-19(13-14)29-21(22(24)26)20(17)25-23(27)18-12-10-16(28-18)9-8-15-5-3-2-4-6-15/h2-7,10-13H,8-9H2,1H3,(H2,24,26)(H,25,27). The molecule has 4 aromatic rings. The molecule has 29 heavy (non-hydrogen) atoms. The van der Waals surface area contributed by atoms with Crippen LogP contribution in [0.3, 0.4) is 0 Å². The van der Waals surface area contributed by atoms with Crippen LogP contribution < -0.4 is 11.1 Å². The molecule has 2 amide bonds. The maximum Gasteiger partial charge on any atom is 0.291 e. The van der Waals surface area contributed by atoms with Crippen LogP contribution in [0.4, 0.5) is 5.69 Å². The first-order valence-electron chi connectivity index (χ1n) is 9.28. The van der Waals surface area contributed by atoms with Crippen molar-refractivity contribution in [3.8, 4) is 0 Å². The van der Waals surface area contributed by atoms with Gasteiger partial charge in [-0.1, -0.05) is 36.4 Å². The first kappa shape index (κ1) is 18.6. The molecule has 0 aliphatic rings. The first-order chi connectivity index (χ1) is 14.0. The SMILES string of the molecule is Cc1ccc2c(NC(=O)c3ccc(CCc4ccccc4)o3)c(C(N)=O)oc2c1. The van der Waals surface area contributed by atoms with E-state index in [9.17, 15) is 9.59 Å². The third-order valence-electron chi connectivity index (χ3n) is 4.70. The second-order valence-corrected chi connectivity index (χ2v) is 6.88. The fraction of sp³-hybridized carbons (Fsp3) is 0.130. The highest BCUT2D eigenvalue weighted by Crippen LogP contribution is 2.32. The van der Waals surface area contributed by atoms with Gasteiger partial charge in [-0.3, -0.25) is 9.59 Å². The van der Waals surface area contributed by atoms with E-state index < -0.39 is 11.8 Å². The van der Waals surface area contributed by atoms with E-state index >= 15 is 0 Å². The van der Waals surface area contributed by atoms with Gasteiger partial charge in [-0.25, -0.2) is 0 Å². The zero-order valence-electron chi connectivity index (χ0n) is 15.9. The number of nitrogens with two attached hydrogens (primary N) is 1. The molecule has 0 saturated carbocycles. The molecule has 2 heterocycles. The zero-order valence-corrected chi connectivity index (χ0v) is 15.9. The largest absolute Gasteiger partial charge is 0.456 e. The predicted molar refractivity (Wildman–Crippen MR) is 110 cm³/mol. The van der Waals surface area contributed by atoms with Crippen molar-refractivity contribution in [3.63, 3.8) is 0 Å². The van der Waals surface area contributed by atoms with Crippen LogP contribution in [0.5, 0.6) is 0 Å². The maximum absolute atomic E-state index is 12.7. The Kier molecular flexibility index (Phi) is 4.91. The summed E-state index contributed by atoms with van der Waals surface area (Å²) in [5.41, 5.74) is 8.32. The van der Waals surface area contributed by atoms with Crippen molar-refractivity contribution in [1.29, 1.82) is 0 Å². The number of primary amides is 1. The number of carbonyl (C=O) groups excluding carboxylic acids is 2. The van der Waals surface area contributed by atoms with Crippen molar-refractivity contribution in [3.05, 3.63) is 89.1 Å². The average molecular weight is 388 g/mol. The summed E-state index contributed by atoms with van der Waals surface area (Å²) in [5.74, 6) is -0.444. The van der Waals surface area contributed by atoms with Crippen molar-refractivity contribution in [1.82, 2.24) is 0 Å². The van der Waals surface area contributed by atoms with E-state index in [0.29, 0.717) is 23.2 Å². The molecule has 146 valence electrons. The molecule has 0 saturated heterocycles. The second-order valence-electron chi connectivity index (χ2n) is 6.88. The molecule has 6 nitrogen and oxygen atoms in total. The summed E-state index contributed by atoms with van der Waals surface area (Å²) in [4.78, 5) is 24.5. The number of hydrogen-bond donors (Lipinski definition) is 2. The van der Waals surface area contributed by atoms with Crippen LogP contribution in [0.2, 0.25) is 0 Å². The molecule has 0 radical (unpaired) electrons. The Morgan fingerprint density at radius 1 is 0.966 bits per heavy atom. The lowest BCUT2D eigenvalue weighted by atomic mass is 10.1. The summed E-state index contributed by atoms with van der Waals surface area (Å²) in [6.45, 7) is 1.91. The molecule has 3 N–H and O–H groups in total. The lowest BCUT2D eigenvalue weighted by molar-refractivity contribution is 0.0977. The molecule has 6 heteroatoms. The van der Waals surface area contributed by atoms with E-state index in [1.807, 2.05) is 43.3 Å². The summed E-state index contributed by atoms with van der Waals surface area (Å²) >= 11 is 0. The Balaban J connectivity index is 1.53. The number of aryl methyl sites for hydroxylation is 3. The van der Waals surface area contributed by atoms with Crippen LogP contribution in [0.15, 0.2) is 69.5 Å². The zero-order chi connectivity index (χ0) is 20.4. The fourth-order valence-corrected chi connectivity index (χ4v) is 3.22. The van der Waals surface area contributed by atoms with Crippen molar-refractivity contribution in [2.24, 2.45) is 5.73 Å². The molecule has 0 atom stereocenters. The van der Waals surface area contributed by atoms with Gasteiger partial charge in [0.25, 0.3) is 11.8 Å². The number of hydrogen-bond acceptors (Lipinski definition) is 4. The van der Waals surface area contributed by atoms with Crippen LogP contribution in [0.1, 0.15) is 38.0 Å². The van der Waals surface area contributed by atoms with Crippen molar-refractivity contribution in [2.75, 3.05) is 5.32 Å². The van der Waals surface area contributed by atoms with E-state index in [1.165, 1.54) is 5.56 Å². The van der Waals surface area contributed by atoms with Crippen LogP contribution in [-0.4, -0.2) is 11.8 Å². The summed E-state index contributed by atoms with van der Waals surface area (Å²) in [7, 11) is 0. The molecule has 0 unspecified atom stereocenters. The quantitative estimate of drug-likeness (QED) is 0.509. The lowest BCUT2D eigenvalue weighted by Crippen LogP contribution is -2.16. The molecule has 4 rings (SSSR count). The van der Waals surface area contributed by atoms with Gasteiger partial charge in [0.05, 0.1) is 0 Å². The highest BCUT2D eigenvalue weighted by atomic mass is 16.4. The van der Waals surface area contributed by atoms with Crippen LogP contribution in [0.25, 0.3) is 11.0 Å². The summed E-state index contributed by atoms with van der Waals surface area (Å²) in [6.07, 6.45) is 1.49. The van der Waals surface area contributed by atoms with Gasteiger partial charge < -0.3 is 19.9 Å². The molecule has 0 spiro atoms. The lowest BCUT2D eigenvalue weighted by Gasteiger charge is -2.03. The topological polar surface area (TPSA) is 98.5 Å². The predicted octanol–water partition coefficient (Wildman–Crippen LogP) is 4.47. The molecule has 0 aliphatic heterocycles. The van der Waals surface area contributed by atoms with E-state index in [0.717, 1.165) is 12.0 Å². The number of carbonyl (C=O) groups is 2. The van der Waals surface area contributed by atoms with Gasteiger partial charge in [0.2, 0.25) is 5.76 Å². The van der Waals surface area contributed by atoms with Crippen molar-refractivity contribution in [2.45, 2.75) is 19.8 Å². The first-order valence-corrected chi connectivity index (χ1v) is 9.28. The minimum absolute atomic E-state index is 0.0881. The molecule has 2 aromatic carbocycles. The highest BCUT2D eigenvalue weighted by molar-refractivity contribution is 6.13. The maximum atomic E-state index is 12.7. The number of fused-ring (bicyclic) bond motifs is 1. The summed E-state index contributed by atoms with van der Waals surface area (Å²) in [6, 6.07) is 18.9. The van der Waals surface area contributed by atoms with Gasteiger partial charge in [0.1, 0.15) is 17.0 Å². The number of rotatable bonds is 6. The Bertz CT molecular complexity index is 1190. The fourth-order valence-electron chi connectivity index (χ4n) is 3.22. The van der Waals surface area contributed by atoms with Gasteiger partial charge in [-0.15, -0.1) is 0 Å². The van der Waals surface area contributed by atoms with Gasteiger partial charge >= 0.3 is 0 Å². The van der Waals surface area contributed by atoms with Crippen LogP contribution >= 0.6 is 0 Å². The Labute approximate surface area is 167 Å². The molecular weight excluding hydrogens is 368 g/mol. The average Bonchev–Trinajstić information content (AvgIpc) is 3.32. The van der Waals surface area contributed by atoms with Gasteiger partial charge in [0, 0.05) is 11.8 Å². The Hall–Kier alpha value is -3.80. The second kappa shape index (κ2) is 7.67. The van der Waals surface area contributed by atoms with E-state index in [-0.39, 0.29) is 17.2 Å². The summed E-state index contributed by atoms with van der Waals surface area (Å²) < 4.78 is 11.2. The molecule has 0 bridgehead atoms. The summed E-state index contributed by atoms with van der Waals surface area (Å²) in [5, 5.41) is 3.32. The van der Waals surface area contributed by atoms with Crippen LogP contribution in [0, 0.1) is 6.92 Å². The third-order valence-corrected chi connectivity index (χ3v) is 4.70. The molecule has 0 aliphatic carbocycles. The number of benzene rings is 2. The van der Waals surface area contributed by atoms with Gasteiger partial charge in [-0.2, -0.15) is 0 Å². The number of nitrogens with one attached hydrogen (secondary N) is 1. The molecule has 0 fully saturated rings. The normalized spacial score (nSPS) is 10.9. The van der Waals surface area contributed by atoms with Gasteiger partial charge in [0.15, 0.2) is 5.76 Å². The van der Waals surface area contributed by atoms with Gasteiger partial charge in [-0.05, 0) is 48.7 Å². The minimum atomic E-state index is -0.753. The molecule has 2 aromatic heterocycles.